The molecule has 3 aromatic heterocycles. The second-order valence-electron chi connectivity index (χ2n) is 11.3. The molecule has 0 spiro atoms. The molecule has 12 heteroatoms. The lowest BCUT2D eigenvalue weighted by molar-refractivity contribution is -0.640. The van der Waals surface area contributed by atoms with E-state index in [1.165, 1.54) is 16.8 Å². The highest BCUT2D eigenvalue weighted by atomic mass is 16.4. The van der Waals surface area contributed by atoms with Crippen LogP contribution >= 0.6 is 0 Å². The lowest BCUT2D eigenvalue weighted by atomic mass is 8.92. The number of carbonyl (C=O) groups excluding carboxylic acids is 2. The van der Waals surface area contributed by atoms with Crippen molar-refractivity contribution in [1.29, 1.82) is 0 Å². The number of nitrogens with one attached hydrogen (secondary N) is 3. The van der Waals surface area contributed by atoms with Gasteiger partial charge in [0.25, 0.3) is 11.8 Å². The Morgan fingerprint density at radius 2 is 1.79 bits per heavy atom. The maximum Gasteiger partial charge on any atom is 0.417 e. The molecule has 6 fully saturated rings. The van der Waals surface area contributed by atoms with Crippen molar-refractivity contribution < 1.29 is 23.9 Å². The SMILES string of the molecule is O=C(NCc1ccc2oc(=O)[nH]c2c1)c1cc(C(=O)NCC23C4C5C2C2C3C4C52C(=O)O)n2nccc2n1. The van der Waals surface area contributed by atoms with Crippen LogP contribution in [0.5, 0.6) is 0 Å². The van der Waals surface area contributed by atoms with Crippen LogP contribution in [-0.2, 0) is 11.3 Å². The third-order valence-electron chi connectivity index (χ3n) is 10.5. The highest BCUT2D eigenvalue weighted by molar-refractivity contribution is 5.98. The third kappa shape index (κ3) is 1.92. The molecule has 4 N–H and O–H groups in total. The first-order chi connectivity index (χ1) is 18.4. The highest BCUT2D eigenvalue weighted by Crippen LogP contribution is 3.10. The number of hydrogen-bond donors (Lipinski definition) is 4. The molecule has 0 radical (unpaired) electrons. The van der Waals surface area contributed by atoms with Gasteiger partial charge in [0, 0.05) is 25.2 Å². The molecule has 3 heterocycles. The van der Waals surface area contributed by atoms with Gasteiger partial charge >= 0.3 is 11.7 Å². The first-order valence-corrected chi connectivity index (χ1v) is 12.6. The van der Waals surface area contributed by atoms with E-state index in [1.54, 1.807) is 24.3 Å². The van der Waals surface area contributed by atoms with Gasteiger partial charge in [0.05, 0.1) is 17.1 Å². The van der Waals surface area contributed by atoms with Crippen LogP contribution in [0.3, 0.4) is 0 Å². The second-order valence-corrected chi connectivity index (χ2v) is 11.3. The van der Waals surface area contributed by atoms with Gasteiger partial charge in [-0.05, 0) is 58.6 Å². The molecule has 2 amide bonds. The Labute approximate surface area is 212 Å². The van der Waals surface area contributed by atoms with Crippen molar-refractivity contribution in [1.82, 2.24) is 30.2 Å². The summed E-state index contributed by atoms with van der Waals surface area (Å²) >= 11 is 0. The number of nitrogens with zero attached hydrogens (tertiary/aromatic N) is 3. The highest BCUT2D eigenvalue weighted by Gasteiger charge is 3.11. The van der Waals surface area contributed by atoms with Crippen LogP contribution in [0.15, 0.2) is 45.7 Å². The number of amides is 2. The van der Waals surface area contributed by atoms with Gasteiger partial charge in [0.15, 0.2) is 11.2 Å². The van der Waals surface area contributed by atoms with Crippen molar-refractivity contribution in [3.8, 4) is 0 Å². The Morgan fingerprint density at radius 1 is 1.03 bits per heavy atom. The van der Waals surface area contributed by atoms with E-state index in [9.17, 15) is 24.3 Å². The summed E-state index contributed by atoms with van der Waals surface area (Å²) in [4.78, 5) is 56.3. The molecule has 0 saturated heterocycles. The van der Waals surface area contributed by atoms with Crippen molar-refractivity contribution in [2.45, 2.75) is 6.54 Å². The van der Waals surface area contributed by atoms with E-state index in [0.717, 1.165) is 5.56 Å². The number of H-pyrrole nitrogens is 1. The number of aliphatic carboxylic acids is 1. The van der Waals surface area contributed by atoms with E-state index >= 15 is 0 Å². The fraction of sp³-hybridized carbons (Fsp3) is 0.385. The minimum absolute atomic E-state index is 0.0731. The Hall–Kier alpha value is -4.48. The number of rotatable bonds is 7. The molecule has 6 aliphatic carbocycles. The summed E-state index contributed by atoms with van der Waals surface area (Å²) < 4.78 is 6.41. The zero-order valence-corrected chi connectivity index (χ0v) is 19.7. The van der Waals surface area contributed by atoms with Gasteiger partial charge in [0.2, 0.25) is 0 Å². The molecule has 190 valence electrons. The van der Waals surface area contributed by atoms with Gasteiger partial charge in [-0.1, -0.05) is 6.07 Å². The predicted octanol–water partition coefficient (Wildman–Crippen LogP) is 0.646. The fourth-order valence-electron chi connectivity index (χ4n) is 9.43. The number of benzene rings is 1. The molecular weight excluding hydrogens is 492 g/mol. The lowest BCUT2D eigenvalue weighted by Gasteiger charge is -3.10. The van der Waals surface area contributed by atoms with Crippen LogP contribution in [0.25, 0.3) is 16.7 Å². The Balaban J connectivity index is 0.922. The molecule has 6 aliphatic rings. The van der Waals surface area contributed by atoms with Gasteiger partial charge in [0.1, 0.15) is 11.4 Å². The fourth-order valence-corrected chi connectivity index (χ4v) is 9.43. The smallest absolute Gasteiger partial charge is 0.417 e. The normalized spacial score (nSPS) is 35.8. The van der Waals surface area contributed by atoms with Gasteiger partial charge in [-0.2, -0.15) is 5.10 Å². The van der Waals surface area contributed by atoms with Gasteiger partial charge in [-0.25, -0.2) is 14.3 Å². The number of aromatic nitrogens is 4. The summed E-state index contributed by atoms with van der Waals surface area (Å²) in [6.45, 7) is 0.708. The molecule has 0 aliphatic heterocycles. The topological polar surface area (TPSA) is 172 Å². The Kier molecular flexibility index (Phi) is 3.32. The maximum absolute atomic E-state index is 13.3. The average molecular weight is 512 g/mol. The third-order valence-corrected chi connectivity index (χ3v) is 10.5. The zero-order chi connectivity index (χ0) is 25.7. The quantitative estimate of drug-likeness (QED) is 0.279. The first-order valence-electron chi connectivity index (χ1n) is 12.6. The number of carboxylic acid groups (broad SMARTS) is 1. The summed E-state index contributed by atoms with van der Waals surface area (Å²) in [5.41, 5.74) is 2.03. The molecule has 6 saturated carbocycles. The summed E-state index contributed by atoms with van der Waals surface area (Å²) in [5, 5.41) is 19.7. The number of hydrogen-bond acceptors (Lipinski definition) is 7. The largest absolute Gasteiger partial charge is 0.481 e. The molecule has 10 rings (SSSR count). The standard InChI is InChI=1S/C26H20N6O6/c33-21(27-7-9-1-2-13-10(5-9)31-24(37)38-13)11-6-12(32-14(30-11)3-4-29-32)22(34)28-8-25-15-18-16(25)20-17(25)19(15)26(18,20)23(35)36/h1-6,15-20H,7-8H2,(H,27,33)(H,28,34)(H,31,37)(H,35,36). The number of aromatic amines is 1. The monoisotopic (exact) mass is 512 g/mol. The van der Waals surface area contributed by atoms with Crippen molar-refractivity contribution in [3.63, 3.8) is 0 Å². The molecule has 1 aromatic carbocycles. The van der Waals surface area contributed by atoms with Crippen molar-refractivity contribution in [3.05, 3.63) is 64.0 Å². The number of oxazole rings is 1. The molecular formula is C26H20N6O6. The van der Waals surface area contributed by atoms with E-state index in [-0.39, 0.29) is 29.3 Å². The van der Waals surface area contributed by atoms with Crippen molar-refractivity contribution >= 4 is 34.5 Å². The first kappa shape index (κ1) is 20.6. The number of fused-ring (bicyclic) bond motifs is 2. The van der Waals surface area contributed by atoms with E-state index < -0.39 is 23.0 Å². The van der Waals surface area contributed by atoms with Crippen LogP contribution in [0.1, 0.15) is 26.5 Å². The van der Waals surface area contributed by atoms with Crippen LogP contribution in [0.4, 0.5) is 0 Å². The summed E-state index contributed by atoms with van der Waals surface area (Å²) in [7, 11) is 0. The van der Waals surface area contributed by atoms with Gasteiger partial charge < -0.3 is 20.2 Å². The summed E-state index contributed by atoms with van der Waals surface area (Å²) in [5.74, 6) is 0.245. The zero-order valence-electron chi connectivity index (χ0n) is 19.7. The predicted molar refractivity (Wildman–Crippen MR) is 127 cm³/mol. The van der Waals surface area contributed by atoms with Crippen LogP contribution in [0, 0.1) is 46.3 Å². The maximum atomic E-state index is 13.3. The minimum Gasteiger partial charge on any atom is -0.481 e. The van der Waals surface area contributed by atoms with Crippen LogP contribution in [-0.4, -0.2) is 49.0 Å². The minimum atomic E-state index is -0.626. The van der Waals surface area contributed by atoms with E-state index in [0.29, 0.717) is 58.8 Å². The number of carboxylic acids is 1. The molecule has 38 heavy (non-hydrogen) atoms. The molecule has 0 unspecified atom stereocenters. The van der Waals surface area contributed by atoms with Crippen LogP contribution in [0.2, 0.25) is 0 Å². The molecule has 0 bridgehead atoms. The van der Waals surface area contributed by atoms with E-state index in [4.69, 9.17) is 4.42 Å². The van der Waals surface area contributed by atoms with Crippen molar-refractivity contribution in [2.75, 3.05) is 6.54 Å². The van der Waals surface area contributed by atoms with Crippen molar-refractivity contribution in [2.24, 2.45) is 46.3 Å². The summed E-state index contributed by atoms with van der Waals surface area (Å²) in [6, 6.07) is 8.17. The molecule has 4 aromatic rings. The summed E-state index contributed by atoms with van der Waals surface area (Å²) in [6.07, 6.45) is 1.52. The lowest BCUT2D eigenvalue weighted by Crippen LogP contribution is -3.11. The molecule has 12 nitrogen and oxygen atoms in total. The van der Waals surface area contributed by atoms with E-state index in [2.05, 4.69) is 25.7 Å². The number of carbonyl (C=O) groups is 3. The van der Waals surface area contributed by atoms with Crippen LogP contribution < -0.4 is 16.4 Å². The Bertz CT molecular complexity index is 1800. The van der Waals surface area contributed by atoms with Gasteiger partial charge in [-0.3, -0.25) is 19.4 Å². The average Bonchev–Trinajstić information content (AvgIpc) is 3.54. The molecule has 0 atom stereocenters. The van der Waals surface area contributed by atoms with Gasteiger partial charge in [-0.15, -0.1) is 0 Å². The van der Waals surface area contributed by atoms with E-state index in [1.807, 2.05) is 0 Å². The second kappa shape index (κ2) is 6.14. The Morgan fingerprint density at radius 3 is 2.53 bits per heavy atom.